The summed E-state index contributed by atoms with van der Waals surface area (Å²) in [5, 5.41) is 8.86. The van der Waals surface area contributed by atoms with Gasteiger partial charge in [-0.1, -0.05) is 6.42 Å². The van der Waals surface area contributed by atoms with Crippen LogP contribution in [-0.4, -0.2) is 47.2 Å². The van der Waals surface area contributed by atoms with Gasteiger partial charge in [-0.3, -0.25) is 4.79 Å². The summed E-state index contributed by atoms with van der Waals surface area (Å²) >= 11 is 0. The maximum atomic E-state index is 12.3. The number of carbonyl (C=O) groups is 2. The van der Waals surface area contributed by atoms with Gasteiger partial charge in [-0.25, -0.2) is 4.79 Å². The first-order valence-corrected chi connectivity index (χ1v) is 6.82. The molecule has 0 aromatic rings. The molecule has 0 radical (unpaired) electrons. The number of hydrogen-bond acceptors (Lipinski definition) is 3. The molecule has 0 aromatic carbocycles. The standard InChI is InChI=1S/C13H19NO4/c15-12(10-4-5-11(18-10)13(16)17)14-6-8-2-1-3-9(8)7-14/h8-11H,1-7H2,(H,16,17)/t8?,9?,10-,11+/m0/s1. The number of aliphatic carboxylic acids is 1. The number of amides is 1. The Morgan fingerprint density at radius 3 is 2.17 bits per heavy atom. The maximum Gasteiger partial charge on any atom is 0.332 e. The molecule has 1 amide bonds. The van der Waals surface area contributed by atoms with Crippen molar-refractivity contribution in [2.75, 3.05) is 13.1 Å². The van der Waals surface area contributed by atoms with Crippen LogP contribution in [-0.2, 0) is 14.3 Å². The predicted molar refractivity (Wildman–Crippen MR) is 62.9 cm³/mol. The van der Waals surface area contributed by atoms with Crippen molar-refractivity contribution in [2.45, 2.75) is 44.3 Å². The number of rotatable bonds is 2. The second-order valence-corrected chi connectivity index (χ2v) is 5.72. The molecule has 2 heterocycles. The summed E-state index contributed by atoms with van der Waals surface area (Å²) in [6.07, 6.45) is 3.44. The van der Waals surface area contributed by atoms with Gasteiger partial charge in [0.25, 0.3) is 5.91 Å². The maximum absolute atomic E-state index is 12.3. The van der Waals surface area contributed by atoms with Crippen LogP contribution in [0.15, 0.2) is 0 Å². The lowest BCUT2D eigenvalue weighted by atomic mass is 10.0. The number of nitrogens with zero attached hydrogens (tertiary/aromatic N) is 1. The highest BCUT2D eigenvalue weighted by Gasteiger charge is 2.42. The van der Waals surface area contributed by atoms with Gasteiger partial charge >= 0.3 is 5.97 Å². The molecule has 5 nitrogen and oxygen atoms in total. The van der Waals surface area contributed by atoms with E-state index in [2.05, 4.69) is 0 Å². The number of carbonyl (C=O) groups excluding carboxylic acids is 1. The lowest BCUT2D eigenvalue weighted by Crippen LogP contribution is -2.38. The molecule has 0 aromatic heterocycles. The number of carboxylic acids is 1. The Bertz CT molecular complexity index is 358. The molecule has 1 saturated carbocycles. The monoisotopic (exact) mass is 253 g/mol. The average molecular weight is 253 g/mol. The minimum Gasteiger partial charge on any atom is -0.479 e. The average Bonchev–Trinajstić information content (AvgIpc) is 3.02. The lowest BCUT2D eigenvalue weighted by Gasteiger charge is -2.21. The van der Waals surface area contributed by atoms with E-state index in [1.54, 1.807) is 0 Å². The van der Waals surface area contributed by atoms with Gasteiger partial charge in [-0.05, 0) is 37.5 Å². The van der Waals surface area contributed by atoms with Gasteiger partial charge in [0, 0.05) is 13.1 Å². The van der Waals surface area contributed by atoms with Gasteiger partial charge in [0.15, 0.2) is 6.10 Å². The number of ether oxygens (including phenoxy) is 1. The fourth-order valence-electron chi connectivity index (χ4n) is 3.62. The van der Waals surface area contributed by atoms with E-state index in [4.69, 9.17) is 9.84 Å². The van der Waals surface area contributed by atoms with Crippen molar-refractivity contribution < 1.29 is 19.4 Å². The van der Waals surface area contributed by atoms with Crippen molar-refractivity contribution in [1.29, 1.82) is 0 Å². The van der Waals surface area contributed by atoms with Crippen LogP contribution in [0.4, 0.5) is 0 Å². The molecule has 3 aliphatic rings. The van der Waals surface area contributed by atoms with Crippen LogP contribution in [0.5, 0.6) is 0 Å². The molecule has 0 spiro atoms. The topological polar surface area (TPSA) is 66.8 Å². The molecule has 2 unspecified atom stereocenters. The highest BCUT2D eigenvalue weighted by atomic mass is 16.5. The lowest BCUT2D eigenvalue weighted by molar-refractivity contribution is -0.154. The van der Waals surface area contributed by atoms with Gasteiger partial charge < -0.3 is 14.7 Å². The number of hydrogen-bond donors (Lipinski definition) is 1. The Labute approximate surface area is 106 Å². The summed E-state index contributed by atoms with van der Waals surface area (Å²) in [5.74, 6) is 0.396. The molecule has 18 heavy (non-hydrogen) atoms. The molecular formula is C13H19NO4. The second kappa shape index (κ2) is 4.53. The molecule has 3 rings (SSSR count). The Morgan fingerprint density at radius 2 is 1.61 bits per heavy atom. The van der Waals surface area contributed by atoms with Crippen molar-refractivity contribution in [3.05, 3.63) is 0 Å². The second-order valence-electron chi connectivity index (χ2n) is 5.72. The zero-order chi connectivity index (χ0) is 12.7. The van der Waals surface area contributed by atoms with E-state index in [0.717, 1.165) is 13.1 Å². The van der Waals surface area contributed by atoms with Gasteiger partial charge in [-0.15, -0.1) is 0 Å². The fourth-order valence-corrected chi connectivity index (χ4v) is 3.62. The molecule has 5 heteroatoms. The molecule has 3 fully saturated rings. The Kier molecular flexibility index (Phi) is 3.01. The van der Waals surface area contributed by atoms with Crippen LogP contribution in [0.1, 0.15) is 32.1 Å². The molecular weight excluding hydrogens is 234 g/mol. The molecule has 100 valence electrons. The van der Waals surface area contributed by atoms with Gasteiger partial charge in [0.1, 0.15) is 6.10 Å². The summed E-state index contributed by atoms with van der Waals surface area (Å²) in [7, 11) is 0. The van der Waals surface area contributed by atoms with E-state index in [9.17, 15) is 9.59 Å². The van der Waals surface area contributed by atoms with Crippen LogP contribution >= 0.6 is 0 Å². The van der Waals surface area contributed by atoms with E-state index in [1.165, 1.54) is 19.3 Å². The number of carboxylic acid groups (broad SMARTS) is 1. The van der Waals surface area contributed by atoms with Crippen molar-refractivity contribution >= 4 is 11.9 Å². The third-order valence-electron chi connectivity index (χ3n) is 4.61. The zero-order valence-corrected chi connectivity index (χ0v) is 10.4. The normalized spacial score (nSPS) is 39.0. The summed E-state index contributed by atoms with van der Waals surface area (Å²) in [5.41, 5.74) is 0. The SMILES string of the molecule is O=C(O)[C@H]1CC[C@@H](C(=O)N2CC3CCCC3C2)O1. The predicted octanol–water partition coefficient (Wildman–Crippen LogP) is 0.877. The van der Waals surface area contributed by atoms with Crippen LogP contribution < -0.4 is 0 Å². The van der Waals surface area contributed by atoms with Gasteiger partial charge in [0.2, 0.25) is 0 Å². The van der Waals surface area contributed by atoms with Crippen molar-refractivity contribution in [2.24, 2.45) is 11.8 Å². The Hall–Kier alpha value is -1.10. The molecule has 2 saturated heterocycles. The quantitative estimate of drug-likeness (QED) is 0.793. The first-order valence-electron chi connectivity index (χ1n) is 6.82. The van der Waals surface area contributed by atoms with E-state index >= 15 is 0 Å². The molecule has 4 atom stereocenters. The minimum absolute atomic E-state index is 0.00755. The zero-order valence-electron chi connectivity index (χ0n) is 10.4. The van der Waals surface area contributed by atoms with Gasteiger partial charge in [-0.2, -0.15) is 0 Å². The highest BCUT2D eigenvalue weighted by Crippen LogP contribution is 2.38. The van der Waals surface area contributed by atoms with E-state index in [0.29, 0.717) is 24.7 Å². The van der Waals surface area contributed by atoms with Crippen molar-refractivity contribution in [3.63, 3.8) is 0 Å². The van der Waals surface area contributed by atoms with Crippen molar-refractivity contribution in [1.82, 2.24) is 4.90 Å². The largest absolute Gasteiger partial charge is 0.479 e. The number of fused-ring (bicyclic) bond motifs is 1. The first-order chi connectivity index (χ1) is 8.65. The Morgan fingerprint density at radius 1 is 1.00 bits per heavy atom. The third kappa shape index (κ3) is 2.00. The molecule has 2 aliphatic heterocycles. The van der Waals surface area contributed by atoms with E-state index < -0.39 is 18.2 Å². The molecule has 0 bridgehead atoms. The van der Waals surface area contributed by atoms with Crippen LogP contribution in [0, 0.1) is 11.8 Å². The Balaban J connectivity index is 1.58. The summed E-state index contributed by atoms with van der Waals surface area (Å²) in [6.45, 7) is 1.70. The molecule has 1 aliphatic carbocycles. The first kappa shape index (κ1) is 12.0. The summed E-state index contributed by atoms with van der Waals surface area (Å²) in [6, 6.07) is 0. The van der Waals surface area contributed by atoms with E-state index in [1.807, 2.05) is 4.90 Å². The fraction of sp³-hybridized carbons (Fsp3) is 0.846. The highest BCUT2D eigenvalue weighted by molar-refractivity contribution is 5.83. The van der Waals surface area contributed by atoms with Crippen LogP contribution in [0.25, 0.3) is 0 Å². The molecule has 1 N–H and O–H groups in total. The van der Waals surface area contributed by atoms with Crippen LogP contribution in [0.2, 0.25) is 0 Å². The smallest absolute Gasteiger partial charge is 0.332 e. The van der Waals surface area contributed by atoms with Crippen LogP contribution in [0.3, 0.4) is 0 Å². The van der Waals surface area contributed by atoms with E-state index in [-0.39, 0.29) is 5.91 Å². The van der Waals surface area contributed by atoms with Crippen molar-refractivity contribution in [3.8, 4) is 0 Å². The summed E-state index contributed by atoms with van der Waals surface area (Å²) < 4.78 is 5.33. The number of likely N-dealkylation sites (tertiary alicyclic amines) is 1. The summed E-state index contributed by atoms with van der Waals surface area (Å²) in [4.78, 5) is 24.9. The minimum atomic E-state index is -0.955. The van der Waals surface area contributed by atoms with Gasteiger partial charge in [0.05, 0.1) is 0 Å². The third-order valence-corrected chi connectivity index (χ3v) is 4.61.